The van der Waals surface area contributed by atoms with Gasteiger partial charge >= 0.3 is 5.91 Å². The highest BCUT2D eigenvalue weighted by molar-refractivity contribution is 6.02. The molecule has 1 aromatic rings. The number of azo groups is 1. The van der Waals surface area contributed by atoms with Gasteiger partial charge in [0.05, 0.1) is 0 Å². The molecule has 2 rings (SSSR count). The molecule has 0 aromatic heterocycles. The quantitative estimate of drug-likeness (QED) is 0.647. The first-order valence-electron chi connectivity index (χ1n) is 3.70. The second kappa shape index (κ2) is 2.90. The Morgan fingerprint density at radius 2 is 1.77 bits per heavy atom. The average molecular weight is 176 g/mol. The van der Waals surface area contributed by atoms with Gasteiger partial charge in [0, 0.05) is 5.56 Å². The summed E-state index contributed by atoms with van der Waals surface area (Å²) >= 11 is 0. The Morgan fingerprint density at radius 1 is 1.08 bits per heavy atom. The van der Waals surface area contributed by atoms with Gasteiger partial charge in [-0.15, -0.1) is 10.2 Å². The molecule has 0 spiro atoms. The largest absolute Gasteiger partial charge is 0.326 e. The zero-order valence-electron chi connectivity index (χ0n) is 6.57. The van der Waals surface area contributed by atoms with Crippen molar-refractivity contribution in [2.45, 2.75) is 0 Å². The number of hydrogen-bond acceptors (Lipinski definition) is 2. The number of carbonyl (C=O) groups excluding carboxylic acids is 1. The second-order valence-corrected chi connectivity index (χ2v) is 2.53. The van der Waals surface area contributed by atoms with Gasteiger partial charge < -0.3 is 0 Å². The van der Waals surface area contributed by atoms with Crippen molar-refractivity contribution in [3.8, 4) is 0 Å². The van der Waals surface area contributed by atoms with Crippen LogP contribution in [0.1, 0.15) is 5.56 Å². The molecule has 13 heavy (non-hydrogen) atoms. The monoisotopic (exact) mass is 176 g/mol. The standard InChI is InChI=1S/C9H5FN2O/c10-7-8(11-12-9(7)13)6-4-2-1-3-5-6/h1-5H. The van der Waals surface area contributed by atoms with Gasteiger partial charge in [-0.05, 0) is 0 Å². The highest BCUT2D eigenvalue weighted by Crippen LogP contribution is 2.26. The first-order chi connectivity index (χ1) is 6.29. The summed E-state index contributed by atoms with van der Waals surface area (Å²) in [7, 11) is 0. The van der Waals surface area contributed by atoms with Gasteiger partial charge in [0.25, 0.3) is 0 Å². The van der Waals surface area contributed by atoms with Crippen molar-refractivity contribution in [2.24, 2.45) is 10.2 Å². The number of rotatable bonds is 1. The van der Waals surface area contributed by atoms with Gasteiger partial charge in [-0.2, -0.15) is 4.39 Å². The zero-order chi connectivity index (χ0) is 9.26. The third-order valence-electron chi connectivity index (χ3n) is 1.68. The lowest BCUT2D eigenvalue weighted by Gasteiger charge is -1.94. The molecule has 0 fully saturated rings. The smallest absolute Gasteiger partial charge is 0.262 e. The Labute approximate surface area is 73.6 Å². The summed E-state index contributed by atoms with van der Waals surface area (Å²) in [4.78, 5) is 10.7. The van der Waals surface area contributed by atoms with Crippen molar-refractivity contribution in [3.63, 3.8) is 0 Å². The third kappa shape index (κ3) is 1.26. The van der Waals surface area contributed by atoms with Crippen molar-refractivity contribution in [3.05, 3.63) is 41.7 Å². The van der Waals surface area contributed by atoms with Crippen LogP contribution in [0.4, 0.5) is 4.39 Å². The van der Waals surface area contributed by atoms with E-state index in [1.165, 1.54) is 0 Å². The first-order valence-corrected chi connectivity index (χ1v) is 3.70. The maximum absolute atomic E-state index is 13.0. The molecular formula is C9H5FN2O. The number of halogens is 1. The lowest BCUT2D eigenvalue weighted by atomic mass is 10.1. The van der Waals surface area contributed by atoms with Crippen LogP contribution in [0.25, 0.3) is 5.70 Å². The van der Waals surface area contributed by atoms with Gasteiger partial charge in [-0.3, -0.25) is 4.79 Å². The molecule has 0 saturated carbocycles. The molecule has 0 bridgehead atoms. The molecule has 0 radical (unpaired) electrons. The van der Waals surface area contributed by atoms with Crippen LogP contribution in [0.2, 0.25) is 0 Å². The normalized spacial score (nSPS) is 15.6. The highest BCUT2D eigenvalue weighted by atomic mass is 19.1. The van der Waals surface area contributed by atoms with E-state index in [9.17, 15) is 9.18 Å². The SMILES string of the molecule is O=C1N=NC(c2ccccc2)=C1F. The predicted octanol–water partition coefficient (Wildman–Crippen LogP) is 2.32. The number of carbonyl (C=O) groups is 1. The predicted molar refractivity (Wildman–Crippen MR) is 44.3 cm³/mol. The van der Waals surface area contributed by atoms with Crippen molar-refractivity contribution < 1.29 is 9.18 Å². The van der Waals surface area contributed by atoms with Crippen molar-refractivity contribution >= 4 is 11.6 Å². The molecule has 4 heteroatoms. The minimum Gasteiger partial charge on any atom is -0.262 e. The number of amides is 1. The van der Waals surface area contributed by atoms with E-state index >= 15 is 0 Å². The van der Waals surface area contributed by atoms with E-state index in [-0.39, 0.29) is 5.70 Å². The van der Waals surface area contributed by atoms with Gasteiger partial charge in [0.2, 0.25) is 5.83 Å². The fourth-order valence-electron chi connectivity index (χ4n) is 1.06. The van der Waals surface area contributed by atoms with Crippen molar-refractivity contribution in [1.82, 2.24) is 0 Å². The van der Waals surface area contributed by atoms with Crippen molar-refractivity contribution in [2.75, 3.05) is 0 Å². The fraction of sp³-hybridized carbons (Fsp3) is 0. The second-order valence-electron chi connectivity index (χ2n) is 2.53. The number of benzene rings is 1. The van der Waals surface area contributed by atoms with Crippen LogP contribution in [0.15, 0.2) is 46.4 Å². The summed E-state index contributed by atoms with van der Waals surface area (Å²) in [6.45, 7) is 0. The molecule has 1 heterocycles. The molecular weight excluding hydrogens is 171 g/mol. The van der Waals surface area contributed by atoms with E-state index in [0.717, 1.165) is 0 Å². The Balaban J connectivity index is 2.50. The molecule has 1 aliphatic heterocycles. The van der Waals surface area contributed by atoms with Crippen LogP contribution in [0, 0.1) is 0 Å². The minimum absolute atomic E-state index is 0.0191. The minimum atomic E-state index is -0.904. The van der Waals surface area contributed by atoms with E-state index in [1.807, 2.05) is 0 Å². The maximum Gasteiger partial charge on any atom is 0.326 e. The summed E-state index contributed by atoms with van der Waals surface area (Å²) in [6.07, 6.45) is 0. The summed E-state index contributed by atoms with van der Waals surface area (Å²) in [5.41, 5.74) is 0.584. The zero-order valence-corrected chi connectivity index (χ0v) is 6.57. The molecule has 0 unspecified atom stereocenters. The summed E-state index contributed by atoms with van der Waals surface area (Å²) in [5, 5.41) is 6.56. The van der Waals surface area contributed by atoms with Crippen LogP contribution in [0.3, 0.4) is 0 Å². The number of hydrogen-bond donors (Lipinski definition) is 0. The van der Waals surface area contributed by atoms with Crippen LogP contribution in [0.5, 0.6) is 0 Å². The maximum atomic E-state index is 13.0. The molecule has 64 valence electrons. The average Bonchev–Trinajstić information content (AvgIpc) is 2.49. The van der Waals surface area contributed by atoms with Gasteiger partial charge in [0.15, 0.2) is 0 Å². The van der Waals surface area contributed by atoms with Crippen LogP contribution in [-0.4, -0.2) is 5.91 Å². The number of nitrogens with zero attached hydrogens (tertiary/aromatic N) is 2. The van der Waals surface area contributed by atoms with E-state index in [1.54, 1.807) is 30.3 Å². The lowest BCUT2D eigenvalue weighted by molar-refractivity contribution is -0.115. The van der Waals surface area contributed by atoms with Gasteiger partial charge in [-0.1, -0.05) is 30.3 Å². The van der Waals surface area contributed by atoms with Crippen LogP contribution < -0.4 is 0 Å². The van der Waals surface area contributed by atoms with Crippen LogP contribution >= 0.6 is 0 Å². The first kappa shape index (κ1) is 7.79. The summed E-state index contributed by atoms with van der Waals surface area (Å²) < 4.78 is 13.0. The highest BCUT2D eigenvalue weighted by Gasteiger charge is 2.21. The van der Waals surface area contributed by atoms with E-state index in [4.69, 9.17) is 0 Å². The molecule has 0 atom stereocenters. The molecule has 1 aromatic carbocycles. The topological polar surface area (TPSA) is 41.8 Å². The summed E-state index contributed by atoms with van der Waals surface area (Å²) in [5.74, 6) is -1.79. The molecule has 1 aliphatic rings. The Bertz CT molecular complexity index is 409. The fourth-order valence-corrected chi connectivity index (χ4v) is 1.06. The van der Waals surface area contributed by atoms with Crippen LogP contribution in [-0.2, 0) is 4.79 Å². The Morgan fingerprint density at radius 3 is 2.31 bits per heavy atom. The molecule has 0 N–H and O–H groups in total. The summed E-state index contributed by atoms with van der Waals surface area (Å²) in [6, 6.07) is 8.64. The molecule has 0 aliphatic carbocycles. The van der Waals surface area contributed by atoms with Gasteiger partial charge in [0.1, 0.15) is 5.70 Å². The van der Waals surface area contributed by atoms with E-state index in [0.29, 0.717) is 5.56 Å². The molecule has 3 nitrogen and oxygen atoms in total. The molecule has 0 saturated heterocycles. The van der Waals surface area contributed by atoms with Crippen molar-refractivity contribution in [1.29, 1.82) is 0 Å². The molecule has 1 amide bonds. The van der Waals surface area contributed by atoms with E-state index < -0.39 is 11.7 Å². The van der Waals surface area contributed by atoms with Gasteiger partial charge in [-0.25, -0.2) is 0 Å². The third-order valence-corrected chi connectivity index (χ3v) is 1.68. The van der Waals surface area contributed by atoms with E-state index in [2.05, 4.69) is 10.2 Å². The lowest BCUT2D eigenvalue weighted by Crippen LogP contribution is -1.88. The Kier molecular flexibility index (Phi) is 1.73. The Hall–Kier alpha value is -1.84.